The summed E-state index contributed by atoms with van der Waals surface area (Å²) in [5.74, 6) is 0. The molecule has 3 heteroatoms. The van der Waals surface area contributed by atoms with Gasteiger partial charge in [0, 0.05) is 31.7 Å². The monoisotopic (exact) mass is 199 g/mol. The predicted molar refractivity (Wildman–Crippen MR) is 61.4 cm³/mol. The Hall–Kier alpha value is -0.120. The van der Waals surface area contributed by atoms with E-state index in [0.717, 1.165) is 13.1 Å². The minimum atomic E-state index is 0.551. The molecule has 1 fully saturated rings. The highest BCUT2D eigenvalue weighted by Gasteiger charge is 2.27. The number of piperazine rings is 1. The largest absolute Gasteiger partial charge is 0.329 e. The summed E-state index contributed by atoms with van der Waals surface area (Å²) < 4.78 is 0. The Balaban J connectivity index is 2.41. The first-order valence-electron chi connectivity index (χ1n) is 5.83. The number of hydrogen-bond acceptors (Lipinski definition) is 3. The topological polar surface area (TPSA) is 32.5 Å². The minimum Gasteiger partial charge on any atom is -0.329 e. The number of likely N-dealkylation sites (N-methyl/N-ethyl adjacent to an activating group) is 1. The fraction of sp³-hybridized carbons (Fsp3) is 1.00. The van der Waals surface area contributed by atoms with Gasteiger partial charge in [0.05, 0.1) is 0 Å². The van der Waals surface area contributed by atoms with Crippen LogP contribution in [-0.2, 0) is 0 Å². The zero-order valence-corrected chi connectivity index (χ0v) is 9.87. The van der Waals surface area contributed by atoms with E-state index in [1.807, 2.05) is 0 Å². The van der Waals surface area contributed by atoms with E-state index in [-0.39, 0.29) is 0 Å². The Morgan fingerprint density at radius 1 is 1.36 bits per heavy atom. The normalized spacial score (nSPS) is 30.9. The smallest absolute Gasteiger partial charge is 0.0345 e. The van der Waals surface area contributed by atoms with Crippen molar-refractivity contribution in [3.63, 3.8) is 0 Å². The van der Waals surface area contributed by atoms with Gasteiger partial charge in [-0.15, -0.1) is 0 Å². The van der Waals surface area contributed by atoms with Crippen LogP contribution in [0.4, 0.5) is 0 Å². The van der Waals surface area contributed by atoms with Gasteiger partial charge in [-0.05, 0) is 26.9 Å². The molecular weight excluding hydrogens is 174 g/mol. The molecule has 1 aliphatic heterocycles. The molecule has 1 rings (SSSR count). The van der Waals surface area contributed by atoms with Crippen LogP contribution >= 0.6 is 0 Å². The number of nitrogens with zero attached hydrogens (tertiary/aromatic N) is 2. The lowest BCUT2D eigenvalue weighted by Gasteiger charge is -2.43. The number of nitrogens with two attached hydrogens (primary N) is 1. The lowest BCUT2D eigenvalue weighted by atomic mass is 10.1. The van der Waals surface area contributed by atoms with Crippen LogP contribution in [0.3, 0.4) is 0 Å². The van der Waals surface area contributed by atoms with Crippen LogP contribution in [0.25, 0.3) is 0 Å². The average Bonchev–Trinajstić information content (AvgIpc) is 2.19. The minimum absolute atomic E-state index is 0.551. The highest BCUT2D eigenvalue weighted by atomic mass is 15.3. The van der Waals surface area contributed by atoms with Gasteiger partial charge in [0.1, 0.15) is 0 Å². The van der Waals surface area contributed by atoms with E-state index < -0.39 is 0 Å². The van der Waals surface area contributed by atoms with Crippen LogP contribution in [0, 0.1) is 0 Å². The van der Waals surface area contributed by atoms with Gasteiger partial charge in [-0.2, -0.15) is 0 Å². The molecule has 0 bridgehead atoms. The SMILES string of the molecule is CCCCN1CC(C)N(C)C(CN)C1. The summed E-state index contributed by atoms with van der Waals surface area (Å²) in [5, 5.41) is 0. The maximum atomic E-state index is 5.78. The summed E-state index contributed by atoms with van der Waals surface area (Å²) in [6.07, 6.45) is 2.60. The molecule has 1 saturated heterocycles. The summed E-state index contributed by atoms with van der Waals surface area (Å²) in [7, 11) is 2.19. The fourth-order valence-corrected chi connectivity index (χ4v) is 2.17. The van der Waals surface area contributed by atoms with Crippen molar-refractivity contribution in [1.82, 2.24) is 9.80 Å². The van der Waals surface area contributed by atoms with E-state index in [1.165, 1.54) is 25.9 Å². The lowest BCUT2D eigenvalue weighted by Crippen LogP contribution is -2.58. The Bertz CT molecular complexity index is 161. The van der Waals surface area contributed by atoms with E-state index in [2.05, 4.69) is 30.7 Å². The van der Waals surface area contributed by atoms with Crippen molar-refractivity contribution >= 4 is 0 Å². The zero-order valence-electron chi connectivity index (χ0n) is 9.87. The van der Waals surface area contributed by atoms with Gasteiger partial charge in [-0.3, -0.25) is 4.90 Å². The van der Waals surface area contributed by atoms with Crippen molar-refractivity contribution in [1.29, 1.82) is 0 Å². The molecule has 1 heterocycles. The number of rotatable bonds is 4. The van der Waals surface area contributed by atoms with Gasteiger partial charge in [-0.1, -0.05) is 13.3 Å². The Labute approximate surface area is 88.2 Å². The molecule has 0 amide bonds. The van der Waals surface area contributed by atoms with Crippen LogP contribution in [0.15, 0.2) is 0 Å². The second-order valence-corrected chi connectivity index (χ2v) is 4.52. The number of hydrogen-bond donors (Lipinski definition) is 1. The molecule has 0 radical (unpaired) electrons. The molecule has 2 N–H and O–H groups in total. The standard InChI is InChI=1S/C11H25N3/c1-4-5-6-14-8-10(2)13(3)11(7-12)9-14/h10-11H,4-9,12H2,1-3H3. The van der Waals surface area contributed by atoms with E-state index in [4.69, 9.17) is 5.73 Å². The van der Waals surface area contributed by atoms with Crippen LogP contribution in [0.1, 0.15) is 26.7 Å². The molecule has 14 heavy (non-hydrogen) atoms. The van der Waals surface area contributed by atoms with Crippen molar-refractivity contribution in [2.75, 3.05) is 33.2 Å². The maximum absolute atomic E-state index is 5.78. The Kier molecular flexibility index (Phi) is 4.85. The van der Waals surface area contributed by atoms with Gasteiger partial charge in [-0.25, -0.2) is 0 Å². The quantitative estimate of drug-likeness (QED) is 0.725. The summed E-state index contributed by atoms with van der Waals surface area (Å²) in [4.78, 5) is 4.98. The zero-order chi connectivity index (χ0) is 10.6. The van der Waals surface area contributed by atoms with Gasteiger partial charge in [0.25, 0.3) is 0 Å². The van der Waals surface area contributed by atoms with Gasteiger partial charge in [0.15, 0.2) is 0 Å². The average molecular weight is 199 g/mol. The summed E-state index contributed by atoms with van der Waals surface area (Å²) in [6, 6.07) is 1.20. The first-order valence-corrected chi connectivity index (χ1v) is 5.83. The molecule has 84 valence electrons. The first kappa shape index (κ1) is 12.0. The van der Waals surface area contributed by atoms with Crippen molar-refractivity contribution in [2.24, 2.45) is 5.73 Å². The maximum Gasteiger partial charge on any atom is 0.0345 e. The van der Waals surface area contributed by atoms with Gasteiger partial charge in [0.2, 0.25) is 0 Å². The third-order valence-electron chi connectivity index (χ3n) is 3.36. The first-order chi connectivity index (χ1) is 6.69. The van der Waals surface area contributed by atoms with E-state index in [9.17, 15) is 0 Å². The van der Waals surface area contributed by atoms with Crippen LogP contribution in [0.2, 0.25) is 0 Å². The predicted octanol–water partition coefficient (Wildman–Crippen LogP) is 0.750. The molecule has 0 saturated carbocycles. The summed E-state index contributed by atoms with van der Waals surface area (Å²) >= 11 is 0. The third-order valence-corrected chi connectivity index (χ3v) is 3.36. The van der Waals surface area contributed by atoms with Crippen molar-refractivity contribution in [3.05, 3.63) is 0 Å². The van der Waals surface area contributed by atoms with Crippen molar-refractivity contribution in [3.8, 4) is 0 Å². The van der Waals surface area contributed by atoms with E-state index in [0.29, 0.717) is 12.1 Å². The molecule has 3 nitrogen and oxygen atoms in total. The molecule has 0 aromatic heterocycles. The second kappa shape index (κ2) is 5.69. The van der Waals surface area contributed by atoms with Crippen molar-refractivity contribution < 1.29 is 0 Å². The molecule has 0 aliphatic carbocycles. The fourth-order valence-electron chi connectivity index (χ4n) is 2.17. The molecule has 0 spiro atoms. The third kappa shape index (κ3) is 2.94. The van der Waals surface area contributed by atoms with Crippen LogP contribution < -0.4 is 5.73 Å². The molecule has 2 unspecified atom stereocenters. The lowest BCUT2D eigenvalue weighted by molar-refractivity contribution is 0.0548. The summed E-state index contributed by atoms with van der Waals surface area (Å²) in [6.45, 7) is 8.92. The van der Waals surface area contributed by atoms with Gasteiger partial charge >= 0.3 is 0 Å². The molecular formula is C11H25N3. The van der Waals surface area contributed by atoms with E-state index >= 15 is 0 Å². The molecule has 1 aliphatic rings. The molecule has 0 aromatic rings. The second-order valence-electron chi connectivity index (χ2n) is 4.52. The van der Waals surface area contributed by atoms with Gasteiger partial charge < -0.3 is 10.6 Å². The van der Waals surface area contributed by atoms with Crippen molar-refractivity contribution in [2.45, 2.75) is 38.8 Å². The Morgan fingerprint density at radius 2 is 2.07 bits per heavy atom. The van der Waals surface area contributed by atoms with Crippen LogP contribution in [-0.4, -0.2) is 55.1 Å². The molecule has 2 atom stereocenters. The number of unbranched alkanes of at least 4 members (excludes halogenated alkanes) is 1. The highest BCUT2D eigenvalue weighted by molar-refractivity contribution is 4.85. The van der Waals surface area contributed by atoms with E-state index in [1.54, 1.807) is 0 Å². The summed E-state index contributed by atoms with van der Waals surface area (Å²) in [5.41, 5.74) is 5.78. The molecule has 0 aromatic carbocycles. The highest BCUT2D eigenvalue weighted by Crippen LogP contribution is 2.13. The Morgan fingerprint density at radius 3 is 2.64 bits per heavy atom. The van der Waals surface area contributed by atoms with Crippen LogP contribution in [0.5, 0.6) is 0 Å².